The lowest BCUT2D eigenvalue weighted by molar-refractivity contribution is -0.124. The lowest BCUT2D eigenvalue weighted by atomic mass is 10.2. The van der Waals surface area contributed by atoms with Crippen LogP contribution in [0.4, 0.5) is 0 Å². The highest BCUT2D eigenvalue weighted by Crippen LogP contribution is 2.27. The van der Waals surface area contributed by atoms with Crippen LogP contribution in [0.25, 0.3) is 0 Å². The molecule has 0 fully saturated rings. The van der Waals surface area contributed by atoms with Crippen LogP contribution in [0.5, 0.6) is 11.5 Å². The number of ketones is 1. The van der Waals surface area contributed by atoms with Gasteiger partial charge in [0.05, 0.1) is 14.2 Å². The van der Waals surface area contributed by atoms with Crippen LogP contribution in [0.15, 0.2) is 30.5 Å². The lowest BCUT2D eigenvalue weighted by Gasteiger charge is -2.10. The molecule has 0 aliphatic rings. The van der Waals surface area contributed by atoms with E-state index in [4.69, 9.17) is 14.2 Å². The molecule has 8 heteroatoms. The van der Waals surface area contributed by atoms with Gasteiger partial charge in [0.2, 0.25) is 0 Å². The number of amides is 1. The van der Waals surface area contributed by atoms with Gasteiger partial charge in [0, 0.05) is 25.4 Å². The normalized spacial score (nSPS) is 10.2. The van der Waals surface area contributed by atoms with E-state index in [1.54, 1.807) is 32.4 Å². The van der Waals surface area contributed by atoms with E-state index in [2.05, 4.69) is 5.32 Å². The summed E-state index contributed by atoms with van der Waals surface area (Å²) >= 11 is 0. The van der Waals surface area contributed by atoms with Crippen molar-refractivity contribution in [1.82, 2.24) is 9.88 Å². The number of nitrogens with zero attached hydrogens (tertiary/aromatic N) is 1. The second kappa shape index (κ2) is 8.88. The number of aromatic nitrogens is 1. The third-order valence-electron chi connectivity index (χ3n) is 3.89. The fraction of sp³-hybridized carbons (Fsp3) is 0.316. The Morgan fingerprint density at radius 3 is 2.37 bits per heavy atom. The lowest BCUT2D eigenvalue weighted by Crippen LogP contribution is -2.28. The maximum absolute atomic E-state index is 12.1. The molecular formula is C19H22N2O6. The SMILES string of the molecule is COc1ccc(CNC(=O)COC(=O)c2cc(C(C)=O)cn2C)cc1OC. The molecule has 1 N–H and O–H groups in total. The summed E-state index contributed by atoms with van der Waals surface area (Å²) in [6.07, 6.45) is 1.54. The molecule has 0 spiro atoms. The summed E-state index contributed by atoms with van der Waals surface area (Å²) < 4.78 is 16.9. The van der Waals surface area contributed by atoms with Crippen molar-refractivity contribution in [2.24, 2.45) is 7.05 Å². The monoisotopic (exact) mass is 374 g/mol. The summed E-state index contributed by atoms with van der Waals surface area (Å²) in [5.41, 5.74) is 1.41. The largest absolute Gasteiger partial charge is 0.493 e. The molecule has 1 heterocycles. The zero-order chi connectivity index (χ0) is 20.0. The summed E-state index contributed by atoms with van der Waals surface area (Å²) in [5.74, 6) is -0.127. The van der Waals surface area contributed by atoms with E-state index < -0.39 is 18.5 Å². The number of methoxy groups -OCH3 is 2. The van der Waals surface area contributed by atoms with Gasteiger partial charge < -0.3 is 24.1 Å². The van der Waals surface area contributed by atoms with Crippen molar-refractivity contribution in [2.45, 2.75) is 13.5 Å². The molecule has 2 rings (SSSR count). The first-order chi connectivity index (χ1) is 12.8. The fourth-order valence-corrected chi connectivity index (χ4v) is 2.41. The number of ether oxygens (including phenoxy) is 3. The first-order valence-corrected chi connectivity index (χ1v) is 8.17. The number of nitrogens with one attached hydrogen (secondary N) is 1. The second-order valence-corrected chi connectivity index (χ2v) is 5.82. The van der Waals surface area contributed by atoms with Crippen LogP contribution < -0.4 is 14.8 Å². The number of rotatable bonds is 8. The first-order valence-electron chi connectivity index (χ1n) is 8.17. The van der Waals surface area contributed by atoms with E-state index in [-0.39, 0.29) is 18.0 Å². The minimum absolute atomic E-state index is 0.155. The number of carbonyl (C=O) groups is 3. The van der Waals surface area contributed by atoms with Crippen LogP contribution in [0, 0.1) is 0 Å². The Balaban J connectivity index is 1.87. The Labute approximate surface area is 157 Å². The number of Topliss-reactive ketones (excluding diaryl/α,β-unsaturated/α-hetero) is 1. The summed E-state index contributed by atoms with van der Waals surface area (Å²) in [5, 5.41) is 2.66. The molecule has 0 atom stereocenters. The number of aryl methyl sites for hydroxylation is 1. The third-order valence-corrected chi connectivity index (χ3v) is 3.89. The van der Waals surface area contributed by atoms with Gasteiger partial charge in [-0.05, 0) is 30.7 Å². The molecule has 0 saturated heterocycles. The van der Waals surface area contributed by atoms with Crippen molar-refractivity contribution in [1.29, 1.82) is 0 Å². The van der Waals surface area contributed by atoms with Gasteiger partial charge >= 0.3 is 5.97 Å². The van der Waals surface area contributed by atoms with Gasteiger partial charge in [0.15, 0.2) is 23.9 Å². The Hall–Kier alpha value is -3.29. The van der Waals surface area contributed by atoms with Gasteiger partial charge in [0.25, 0.3) is 5.91 Å². The van der Waals surface area contributed by atoms with Gasteiger partial charge in [-0.25, -0.2) is 4.79 Å². The average molecular weight is 374 g/mol. The van der Waals surface area contributed by atoms with Crippen LogP contribution in [-0.4, -0.2) is 43.1 Å². The highest BCUT2D eigenvalue weighted by Gasteiger charge is 2.16. The molecule has 8 nitrogen and oxygen atoms in total. The predicted octanol–water partition coefficient (Wildman–Crippen LogP) is 1.72. The van der Waals surface area contributed by atoms with E-state index in [0.29, 0.717) is 17.1 Å². The van der Waals surface area contributed by atoms with Crippen molar-refractivity contribution in [3.05, 3.63) is 47.3 Å². The van der Waals surface area contributed by atoms with Crippen LogP contribution in [0.2, 0.25) is 0 Å². The highest BCUT2D eigenvalue weighted by molar-refractivity contribution is 5.98. The van der Waals surface area contributed by atoms with Crippen molar-refractivity contribution in [2.75, 3.05) is 20.8 Å². The molecule has 1 aromatic carbocycles. The zero-order valence-electron chi connectivity index (χ0n) is 15.7. The minimum atomic E-state index is -0.675. The van der Waals surface area contributed by atoms with E-state index in [0.717, 1.165) is 5.56 Å². The molecule has 0 aliphatic heterocycles. The number of carbonyl (C=O) groups excluding carboxylic acids is 3. The van der Waals surface area contributed by atoms with Crippen LogP contribution in [0.1, 0.15) is 33.3 Å². The summed E-state index contributed by atoms with van der Waals surface area (Å²) in [6.45, 7) is 1.23. The molecule has 0 unspecified atom stereocenters. The van der Waals surface area contributed by atoms with Gasteiger partial charge in [-0.3, -0.25) is 9.59 Å². The molecule has 144 valence electrons. The molecule has 1 aromatic heterocycles. The third kappa shape index (κ3) is 5.10. The summed E-state index contributed by atoms with van der Waals surface area (Å²) in [7, 11) is 4.70. The van der Waals surface area contributed by atoms with Crippen LogP contribution in [-0.2, 0) is 23.1 Å². The molecule has 1 amide bonds. The van der Waals surface area contributed by atoms with Crippen LogP contribution in [0.3, 0.4) is 0 Å². The zero-order valence-corrected chi connectivity index (χ0v) is 15.7. The second-order valence-electron chi connectivity index (χ2n) is 5.82. The van der Waals surface area contributed by atoms with E-state index in [1.807, 2.05) is 0 Å². The predicted molar refractivity (Wildman–Crippen MR) is 97.1 cm³/mol. The molecule has 27 heavy (non-hydrogen) atoms. The number of benzene rings is 1. The van der Waals surface area contributed by atoms with Crippen molar-refractivity contribution in [3.63, 3.8) is 0 Å². The van der Waals surface area contributed by atoms with Crippen molar-refractivity contribution in [3.8, 4) is 11.5 Å². The maximum atomic E-state index is 12.1. The summed E-state index contributed by atoms with van der Waals surface area (Å²) in [6, 6.07) is 6.72. The fourth-order valence-electron chi connectivity index (χ4n) is 2.41. The molecule has 2 aromatic rings. The minimum Gasteiger partial charge on any atom is -0.493 e. The van der Waals surface area contributed by atoms with Gasteiger partial charge in [-0.2, -0.15) is 0 Å². The summed E-state index contributed by atoms with van der Waals surface area (Å²) in [4.78, 5) is 35.4. The van der Waals surface area contributed by atoms with Crippen molar-refractivity contribution < 1.29 is 28.6 Å². The van der Waals surface area contributed by atoms with Crippen LogP contribution >= 0.6 is 0 Å². The quantitative estimate of drug-likeness (QED) is 0.558. The Bertz CT molecular complexity index is 856. The van der Waals surface area contributed by atoms with Gasteiger partial charge in [0.1, 0.15) is 5.69 Å². The van der Waals surface area contributed by atoms with E-state index in [1.165, 1.54) is 30.9 Å². The molecule has 0 saturated carbocycles. The van der Waals surface area contributed by atoms with Crippen molar-refractivity contribution >= 4 is 17.7 Å². The standard InChI is InChI=1S/C19H22N2O6/c1-12(22)14-8-15(21(2)10-14)19(24)27-11-18(23)20-9-13-5-6-16(25-3)17(7-13)26-4/h5-8,10H,9,11H2,1-4H3,(H,20,23). The highest BCUT2D eigenvalue weighted by atomic mass is 16.5. The Morgan fingerprint density at radius 2 is 1.78 bits per heavy atom. The molecule has 0 bridgehead atoms. The Morgan fingerprint density at radius 1 is 1.07 bits per heavy atom. The molecule has 0 aliphatic carbocycles. The average Bonchev–Trinajstić information content (AvgIpc) is 3.06. The number of hydrogen-bond acceptors (Lipinski definition) is 6. The van der Waals surface area contributed by atoms with E-state index >= 15 is 0 Å². The van der Waals surface area contributed by atoms with Gasteiger partial charge in [-0.1, -0.05) is 6.07 Å². The molecular weight excluding hydrogens is 352 g/mol. The van der Waals surface area contributed by atoms with E-state index in [9.17, 15) is 14.4 Å². The topological polar surface area (TPSA) is 95.9 Å². The number of hydrogen-bond donors (Lipinski definition) is 1. The number of esters is 1. The first kappa shape index (κ1) is 20.0. The smallest absolute Gasteiger partial charge is 0.355 e. The Kier molecular flexibility index (Phi) is 6.59. The van der Waals surface area contributed by atoms with Gasteiger partial charge in [-0.15, -0.1) is 0 Å². The molecule has 0 radical (unpaired) electrons. The maximum Gasteiger partial charge on any atom is 0.355 e.